The molecular formula is C18H18F2N4O2S. The van der Waals surface area contributed by atoms with Crippen molar-refractivity contribution in [2.75, 3.05) is 13.3 Å². The van der Waals surface area contributed by atoms with E-state index in [2.05, 4.69) is 10.2 Å². The lowest BCUT2D eigenvalue weighted by atomic mass is 10.2. The summed E-state index contributed by atoms with van der Waals surface area (Å²) in [7, 11) is -1.87. The molecule has 0 bridgehead atoms. The van der Waals surface area contributed by atoms with Crippen molar-refractivity contribution in [2.45, 2.75) is 25.4 Å². The summed E-state index contributed by atoms with van der Waals surface area (Å²) in [6.07, 6.45) is 4.64. The molecule has 1 aliphatic carbocycles. The summed E-state index contributed by atoms with van der Waals surface area (Å²) in [5.41, 5.74) is 2.64. The number of aromatic nitrogens is 3. The van der Waals surface area contributed by atoms with E-state index < -0.39 is 21.7 Å². The third-order valence-corrected chi connectivity index (χ3v) is 6.01. The number of hydrogen-bond donors (Lipinski definition) is 0. The van der Waals surface area contributed by atoms with Gasteiger partial charge >= 0.3 is 0 Å². The average molecular weight is 392 g/mol. The minimum absolute atomic E-state index is 0.0899. The van der Waals surface area contributed by atoms with E-state index in [4.69, 9.17) is 0 Å². The second-order valence-corrected chi connectivity index (χ2v) is 9.00. The van der Waals surface area contributed by atoms with Crippen LogP contribution in [-0.4, -0.2) is 40.8 Å². The molecule has 0 atom stereocenters. The molecule has 1 fully saturated rings. The van der Waals surface area contributed by atoms with Gasteiger partial charge < -0.3 is 4.57 Å². The van der Waals surface area contributed by atoms with E-state index in [1.54, 1.807) is 18.3 Å². The Morgan fingerprint density at radius 1 is 1.19 bits per heavy atom. The first-order chi connectivity index (χ1) is 12.7. The predicted octanol–water partition coefficient (Wildman–Crippen LogP) is 3.10. The van der Waals surface area contributed by atoms with E-state index >= 15 is 0 Å². The Bertz CT molecular complexity index is 1140. The highest BCUT2D eigenvalue weighted by molar-refractivity contribution is 7.88. The Balaban J connectivity index is 1.81. The van der Waals surface area contributed by atoms with Crippen LogP contribution < -0.4 is 0 Å². The second-order valence-electron chi connectivity index (χ2n) is 6.91. The van der Waals surface area contributed by atoms with E-state index in [0.29, 0.717) is 16.6 Å². The molecule has 27 heavy (non-hydrogen) atoms. The van der Waals surface area contributed by atoms with Gasteiger partial charge in [0.2, 0.25) is 10.0 Å². The van der Waals surface area contributed by atoms with Gasteiger partial charge in [0.25, 0.3) is 0 Å². The van der Waals surface area contributed by atoms with Gasteiger partial charge in [-0.25, -0.2) is 17.2 Å². The Morgan fingerprint density at radius 2 is 1.89 bits per heavy atom. The molecule has 3 aromatic rings. The molecule has 9 heteroatoms. The molecule has 6 nitrogen and oxygen atoms in total. The first-order valence-corrected chi connectivity index (χ1v) is 10.3. The number of halogens is 2. The average Bonchev–Trinajstić information content (AvgIpc) is 3.37. The van der Waals surface area contributed by atoms with Crippen molar-refractivity contribution >= 4 is 20.9 Å². The number of benzene rings is 1. The highest BCUT2D eigenvalue weighted by Crippen LogP contribution is 2.42. The molecule has 0 spiro atoms. The summed E-state index contributed by atoms with van der Waals surface area (Å²) < 4.78 is 53.9. The zero-order chi connectivity index (χ0) is 19.3. The van der Waals surface area contributed by atoms with Gasteiger partial charge in [0.05, 0.1) is 35.9 Å². The minimum atomic E-state index is -3.34. The molecule has 2 heterocycles. The molecule has 1 aliphatic rings. The van der Waals surface area contributed by atoms with Crippen LogP contribution in [-0.2, 0) is 16.6 Å². The van der Waals surface area contributed by atoms with Crippen LogP contribution in [0.15, 0.2) is 30.5 Å². The van der Waals surface area contributed by atoms with Crippen LogP contribution in [0.1, 0.15) is 24.6 Å². The number of sulfonamides is 1. The van der Waals surface area contributed by atoms with Gasteiger partial charge in [0.1, 0.15) is 0 Å². The standard InChI is InChI=1S/C18H18F2N4O2S/c1-23(27(2,25)26)10-13-5-12(9-21-22-13)17-7-11-6-15(19)16(20)8-18(11)24(17)14-3-4-14/h5-9,14H,3-4,10H2,1-2H3. The van der Waals surface area contributed by atoms with Crippen molar-refractivity contribution < 1.29 is 17.2 Å². The lowest BCUT2D eigenvalue weighted by molar-refractivity contribution is 0.465. The van der Waals surface area contributed by atoms with Gasteiger partial charge in [-0.3, -0.25) is 0 Å². The van der Waals surface area contributed by atoms with E-state index in [1.807, 2.05) is 4.57 Å². The maximum Gasteiger partial charge on any atom is 0.211 e. The third-order valence-electron chi connectivity index (χ3n) is 4.74. The van der Waals surface area contributed by atoms with Crippen LogP contribution in [0.25, 0.3) is 22.2 Å². The van der Waals surface area contributed by atoms with Crippen molar-refractivity contribution in [3.8, 4) is 11.3 Å². The maximum absolute atomic E-state index is 13.8. The van der Waals surface area contributed by atoms with Crippen molar-refractivity contribution in [1.82, 2.24) is 19.1 Å². The van der Waals surface area contributed by atoms with Crippen LogP contribution in [0.2, 0.25) is 0 Å². The van der Waals surface area contributed by atoms with E-state index in [1.165, 1.54) is 23.5 Å². The first-order valence-electron chi connectivity index (χ1n) is 8.47. The highest BCUT2D eigenvalue weighted by Gasteiger charge is 2.28. The summed E-state index contributed by atoms with van der Waals surface area (Å²) >= 11 is 0. The Morgan fingerprint density at radius 3 is 2.56 bits per heavy atom. The summed E-state index contributed by atoms with van der Waals surface area (Å²) in [6.45, 7) is 0.0899. The second kappa shape index (κ2) is 6.35. The van der Waals surface area contributed by atoms with Gasteiger partial charge in [-0.15, -0.1) is 0 Å². The van der Waals surface area contributed by atoms with Gasteiger partial charge in [0, 0.05) is 30.1 Å². The van der Waals surface area contributed by atoms with Crippen molar-refractivity contribution in [3.05, 3.63) is 47.8 Å². The maximum atomic E-state index is 13.8. The molecule has 0 saturated heterocycles. The summed E-state index contributed by atoms with van der Waals surface area (Å²) in [5, 5.41) is 8.61. The minimum Gasteiger partial charge on any atom is -0.337 e. The first kappa shape index (κ1) is 18.0. The molecule has 0 unspecified atom stereocenters. The van der Waals surface area contributed by atoms with Gasteiger partial charge in [-0.2, -0.15) is 14.5 Å². The van der Waals surface area contributed by atoms with Crippen LogP contribution in [0.4, 0.5) is 8.78 Å². The van der Waals surface area contributed by atoms with Crippen LogP contribution in [0, 0.1) is 11.6 Å². The fourth-order valence-electron chi connectivity index (χ4n) is 3.14. The van der Waals surface area contributed by atoms with Crippen molar-refractivity contribution in [1.29, 1.82) is 0 Å². The van der Waals surface area contributed by atoms with Crippen molar-refractivity contribution in [2.24, 2.45) is 0 Å². The van der Waals surface area contributed by atoms with Gasteiger partial charge in [-0.1, -0.05) is 0 Å². The predicted molar refractivity (Wildman–Crippen MR) is 97.5 cm³/mol. The van der Waals surface area contributed by atoms with Gasteiger partial charge in [0.15, 0.2) is 11.6 Å². The molecule has 0 N–H and O–H groups in total. The number of nitrogens with zero attached hydrogens (tertiary/aromatic N) is 4. The number of rotatable bonds is 5. The fraction of sp³-hybridized carbons (Fsp3) is 0.333. The lowest BCUT2D eigenvalue weighted by Gasteiger charge is -2.14. The third kappa shape index (κ3) is 3.44. The molecule has 0 aliphatic heterocycles. The Labute approximate surface area is 155 Å². The molecule has 0 amide bonds. The Hall–Kier alpha value is -2.39. The zero-order valence-corrected chi connectivity index (χ0v) is 15.7. The molecule has 2 aromatic heterocycles. The van der Waals surface area contributed by atoms with Crippen LogP contribution in [0.5, 0.6) is 0 Å². The fourth-order valence-corrected chi connectivity index (χ4v) is 3.51. The monoisotopic (exact) mass is 392 g/mol. The molecule has 0 radical (unpaired) electrons. The highest BCUT2D eigenvalue weighted by atomic mass is 32.2. The molecule has 1 saturated carbocycles. The van der Waals surface area contributed by atoms with E-state index in [9.17, 15) is 17.2 Å². The topological polar surface area (TPSA) is 68.1 Å². The van der Waals surface area contributed by atoms with Gasteiger partial charge in [-0.05, 0) is 31.0 Å². The van der Waals surface area contributed by atoms with E-state index in [-0.39, 0.29) is 12.6 Å². The molecule has 4 rings (SSSR count). The molecular weight excluding hydrogens is 374 g/mol. The van der Waals surface area contributed by atoms with Crippen molar-refractivity contribution in [3.63, 3.8) is 0 Å². The smallest absolute Gasteiger partial charge is 0.211 e. The Kier molecular flexibility index (Phi) is 4.23. The number of fused-ring (bicyclic) bond motifs is 1. The SMILES string of the molecule is CN(Cc1cc(-c2cc3cc(F)c(F)cc3n2C2CC2)cnn1)S(C)(=O)=O. The zero-order valence-electron chi connectivity index (χ0n) is 14.9. The van der Waals surface area contributed by atoms with Crippen LogP contribution in [0.3, 0.4) is 0 Å². The molecule has 142 valence electrons. The van der Waals surface area contributed by atoms with E-state index in [0.717, 1.165) is 30.4 Å². The van der Waals surface area contributed by atoms with Crippen LogP contribution >= 0.6 is 0 Å². The number of hydrogen-bond acceptors (Lipinski definition) is 4. The molecule has 1 aromatic carbocycles. The normalized spacial score (nSPS) is 15.0. The summed E-state index contributed by atoms with van der Waals surface area (Å²) in [4.78, 5) is 0. The summed E-state index contributed by atoms with van der Waals surface area (Å²) in [6, 6.07) is 6.21. The largest absolute Gasteiger partial charge is 0.337 e. The lowest BCUT2D eigenvalue weighted by Crippen LogP contribution is -2.25. The summed E-state index contributed by atoms with van der Waals surface area (Å²) in [5.74, 6) is -1.76. The quantitative estimate of drug-likeness (QED) is 0.669.